The van der Waals surface area contributed by atoms with Crippen LogP contribution < -0.4 is 0 Å². The zero-order chi connectivity index (χ0) is 13.0. The van der Waals surface area contributed by atoms with Crippen LogP contribution in [-0.4, -0.2) is 71.4 Å². The van der Waals surface area contributed by atoms with Gasteiger partial charge in [-0.25, -0.2) is 0 Å². The minimum absolute atomic E-state index is 0.121. The van der Waals surface area contributed by atoms with Gasteiger partial charge >= 0.3 is 8.56 Å². The van der Waals surface area contributed by atoms with Gasteiger partial charge in [-0.05, 0) is 20.4 Å². The standard InChI is InChI=1S/C12H25NO4Si/c1-11-8-15-9-12(2)17-18(3,16-11)10-13-4-6-14-7-5-13/h11-12H,4-10H2,1-3H3. The van der Waals surface area contributed by atoms with Crippen LogP contribution >= 0.6 is 0 Å². The van der Waals surface area contributed by atoms with E-state index >= 15 is 0 Å². The van der Waals surface area contributed by atoms with Gasteiger partial charge in [0.05, 0.1) is 38.6 Å². The first-order valence-electron chi connectivity index (χ1n) is 6.81. The molecule has 18 heavy (non-hydrogen) atoms. The van der Waals surface area contributed by atoms with Crippen molar-refractivity contribution in [2.24, 2.45) is 0 Å². The van der Waals surface area contributed by atoms with Gasteiger partial charge in [0.2, 0.25) is 0 Å². The predicted molar refractivity (Wildman–Crippen MR) is 70.8 cm³/mol. The third kappa shape index (κ3) is 4.29. The molecule has 6 heteroatoms. The molecule has 0 radical (unpaired) electrons. The van der Waals surface area contributed by atoms with E-state index in [1.165, 1.54) is 0 Å². The van der Waals surface area contributed by atoms with E-state index < -0.39 is 8.56 Å². The first kappa shape index (κ1) is 14.4. The molecule has 5 nitrogen and oxygen atoms in total. The highest BCUT2D eigenvalue weighted by Crippen LogP contribution is 2.18. The van der Waals surface area contributed by atoms with Crippen LogP contribution in [0.2, 0.25) is 6.55 Å². The van der Waals surface area contributed by atoms with Gasteiger partial charge in [-0.15, -0.1) is 0 Å². The normalized spacial score (nSPS) is 40.2. The molecule has 0 aromatic heterocycles. The summed E-state index contributed by atoms with van der Waals surface area (Å²) in [7, 11) is -2.14. The Balaban J connectivity index is 1.95. The fraction of sp³-hybridized carbons (Fsp3) is 1.00. The Hall–Kier alpha value is 0.0169. The maximum atomic E-state index is 6.16. The molecular formula is C12H25NO4Si. The number of rotatable bonds is 2. The molecule has 0 N–H and O–H groups in total. The van der Waals surface area contributed by atoms with Gasteiger partial charge in [-0.3, -0.25) is 4.90 Å². The van der Waals surface area contributed by atoms with E-state index in [2.05, 4.69) is 25.3 Å². The summed E-state index contributed by atoms with van der Waals surface area (Å²) < 4.78 is 23.2. The van der Waals surface area contributed by atoms with Crippen molar-refractivity contribution in [2.45, 2.75) is 32.6 Å². The van der Waals surface area contributed by atoms with E-state index in [0.717, 1.165) is 32.5 Å². The Kier molecular flexibility index (Phi) is 5.17. The summed E-state index contributed by atoms with van der Waals surface area (Å²) in [4.78, 5) is 2.40. The summed E-state index contributed by atoms with van der Waals surface area (Å²) in [5.41, 5.74) is 0. The lowest BCUT2D eigenvalue weighted by atomic mass is 10.4. The summed E-state index contributed by atoms with van der Waals surface area (Å²) in [5.74, 6) is 0. The van der Waals surface area contributed by atoms with Crippen molar-refractivity contribution in [1.82, 2.24) is 4.90 Å². The largest absolute Gasteiger partial charge is 0.388 e. The summed E-state index contributed by atoms with van der Waals surface area (Å²) >= 11 is 0. The first-order chi connectivity index (χ1) is 8.57. The molecule has 106 valence electrons. The topological polar surface area (TPSA) is 40.2 Å². The highest BCUT2D eigenvalue weighted by atomic mass is 28.4. The van der Waals surface area contributed by atoms with Crippen molar-refractivity contribution < 1.29 is 18.3 Å². The smallest absolute Gasteiger partial charge is 0.350 e. The Morgan fingerprint density at radius 3 is 2.11 bits per heavy atom. The minimum Gasteiger partial charge on any atom is -0.388 e. The van der Waals surface area contributed by atoms with E-state index in [1.54, 1.807) is 0 Å². The molecule has 0 saturated carbocycles. The van der Waals surface area contributed by atoms with E-state index in [4.69, 9.17) is 18.3 Å². The van der Waals surface area contributed by atoms with Gasteiger partial charge in [0.15, 0.2) is 0 Å². The lowest BCUT2D eigenvalue weighted by Gasteiger charge is -2.39. The Bertz CT molecular complexity index is 248. The zero-order valence-corrected chi connectivity index (χ0v) is 12.7. The van der Waals surface area contributed by atoms with Gasteiger partial charge in [-0.2, -0.15) is 0 Å². The van der Waals surface area contributed by atoms with E-state index in [-0.39, 0.29) is 12.2 Å². The average Bonchev–Trinajstić information content (AvgIpc) is 2.27. The maximum Gasteiger partial charge on any atom is 0.350 e. The predicted octanol–water partition coefficient (Wildman–Crippen LogP) is 0.770. The Morgan fingerprint density at radius 1 is 1.00 bits per heavy atom. The first-order valence-corrected chi connectivity index (χ1v) is 9.33. The molecule has 0 aromatic carbocycles. The molecule has 0 amide bonds. The molecule has 2 rings (SSSR count). The highest BCUT2D eigenvalue weighted by Gasteiger charge is 2.39. The van der Waals surface area contributed by atoms with Crippen molar-refractivity contribution in [1.29, 1.82) is 0 Å². The Morgan fingerprint density at radius 2 is 1.56 bits per heavy atom. The summed E-state index contributed by atoms with van der Waals surface area (Å²) in [6, 6.07) is 0. The number of nitrogens with zero attached hydrogens (tertiary/aromatic N) is 1. The molecule has 2 aliphatic rings. The number of hydrogen-bond acceptors (Lipinski definition) is 5. The van der Waals surface area contributed by atoms with Gasteiger partial charge in [0.25, 0.3) is 0 Å². The molecule has 0 bridgehead atoms. The number of ether oxygens (including phenoxy) is 2. The minimum atomic E-state index is -2.14. The van der Waals surface area contributed by atoms with Gasteiger partial charge in [0, 0.05) is 19.3 Å². The second-order valence-electron chi connectivity index (χ2n) is 5.42. The quantitative estimate of drug-likeness (QED) is 0.696. The lowest BCUT2D eigenvalue weighted by molar-refractivity contribution is -0.0429. The van der Waals surface area contributed by atoms with Crippen LogP contribution in [0.4, 0.5) is 0 Å². The number of morpholine rings is 1. The van der Waals surface area contributed by atoms with E-state index in [9.17, 15) is 0 Å². The summed E-state index contributed by atoms with van der Waals surface area (Å²) in [6.45, 7) is 11.2. The van der Waals surface area contributed by atoms with Gasteiger partial charge in [-0.1, -0.05) is 0 Å². The Labute approximate surface area is 111 Å². The van der Waals surface area contributed by atoms with Crippen LogP contribution in [-0.2, 0) is 18.3 Å². The van der Waals surface area contributed by atoms with E-state index in [0.29, 0.717) is 13.2 Å². The van der Waals surface area contributed by atoms with Gasteiger partial charge < -0.3 is 18.3 Å². The van der Waals surface area contributed by atoms with Crippen LogP contribution in [0.1, 0.15) is 13.8 Å². The van der Waals surface area contributed by atoms with E-state index in [1.807, 2.05) is 0 Å². The van der Waals surface area contributed by atoms with Crippen LogP contribution in [0.3, 0.4) is 0 Å². The van der Waals surface area contributed by atoms with Crippen molar-refractivity contribution >= 4 is 8.56 Å². The number of hydrogen-bond donors (Lipinski definition) is 0. The van der Waals surface area contributed by atoms with Crippen molar-refractivity contribution in [3.05, 3.63) is 0 Å². The zero-order valence-electron chi connectivity index (χ0n) is 11.7. The van der Waals surface area contributed by atoms with Crippen LogP contribution in [0, 0.1) is 0 Å². The molecule has 2 aliphatic heterocycles. The molecule has 0 aliphatic carbocycles. The summed E-state index contributed by atoms with van der Waals surface area (Å²) in [5, 5.41) is 0. The van der Waals surface area contributed by atoms with Crippen molar-refractivity contribution in [3.8, 4) is 0 Å². The molecule has 0 aromatic rings. The molecule has 2 heterocycles. The van der Waals surface area contributed by atoms with Crippen LogP contribution in [0.5, 0.6) is 0 Å². The fourth-order valence-corrected chi connectivity index (χ4v) is 5.76. The van der Waals surface area contributed by atoms with Gasteiger partial charge in [0.1, 0.15) is 0 Å². The van der Waals surface area contributed by atoms with Crippen molar-refractivity contribution in [3.63, 3.8) is 0 Å². The molecule has 2 atom stereocenters. The second-order valence-corrected chi connectivity index (χ2v) is 8.47. The molecule has 2 unspecified atom stereocenters. The SMILES string of the molecule is CC1COCC(C)O[Si](C)(CN2CCOCC2)O1. The third-order valence-corrected chi connectivity index (χ3v) is 6.04. The maximum absolute atomic E-state index is 6.16. The molecular weight excluding hydrogens is 250 g/mol. The molecule has 2 saturated heterocycles. The van der Waals surface area contributed by atoms with Crippen LogP contribution in [0.15, 0.2) is 0 Å². The third-order valence-electron chi connectivity index (χ3n) is 3.22. The fourth-order valence-electron chi connectivity index (χ4n) is 2.59. The lowest BCUT2D eigenvalue weighted by Crippen LogP contribution is -2.57. The monoisotopic (exact) mass is 275 g/mol. The second kappa shape index (κ2) is 6.45. The van der Waals surface area contributed by atoms with Crippen LogP contribution in [0.25, 0.3) is 0 Å². The molecule has 0 spiro atoms. The summed E-state index contributed by atoms with van der Waals surface area (Å²) in [6.07, 6.45) is 1.16. The van der Waals surface area contributed by atoms with Crippen molar-refractivity contribution in [2.75, 3.05) is 45.7 Å². The average molecular weight is 275 g/mol. The highest BCUT2D eigenvalue weighted by molar-refractivity contribution is 6.66. The molecule has 2 fully saturated rings.